The van der Waals surface area contributed by atoms with E-state index in [9.17, 15) is 4.21 Å². The Morgan fingerprint density at radius 3 is 1.67 bits per heavy atom. The lowest BCUT2D eigenvalue weighted by molar-refractivity contribution is 0.675. The van der Waals surface area contributed by atoms with E-state index in [1.165, 1.54) is 0 Å². The molecule has 0 aliphatic heterocycles. The van der Waals surface area contributed by atoms with Crippen LogP contribution in [0.5, 0.6) is 0 Å². The molecule has 0 N–H and O–H groups in total. The van der Waals surface area contributed by atoms with Crippen molar-refractivity contribution in [2.24, 2.45) is 0 Å². The quantitative estimate of drug-likeness (QED) is 0.784. The van der Waals surface area contributed by atoms with Crippen LogP contribution in [0.15, 0.2) is 43.5 Å². The van der Waals surface area contributed by atoms with Crippen molar-refractivity contribution >= 4 is 42.7 Å². The first-order chi connectivity index (χ1) is 8.49. The van der Waals surface area contributed by atoms with Crippen LogP contribution in [0.4, 0.5) is 0 Å². The van der Waals surface area contributed by atoms with E-state index < -0.39 is 10.8 Å². The molecular weight excluding hydrogens is 380 g/mol. The van der Waals surface area contributed by atoms with Gasteiger partial charge in [-0.1, -0.05) is 0 Å². The molecule has 0 atom stereocenters. The van der Waals surface area contributed by atoms with E-state index in [0.717, 1.165) is 20.1 Å². The van der Waals surface area contributed by atoms with Gasteiger partial charge in [-0.05, 0) is 69.0 Å². The first-order valence-corrected chi connectivity index (χ1v) is 7.88. The summed E-state index contributed by atoms with van der Waals surface area (Å²) in [7, 11) is -1.35. The molecule has 2 heterocycles. The van der Waals surface area contributed by atoms with Gasteiger partial charge in [0.15, 0.2) is 0 Å². The van der Waals surface area contributed by atoms with E-state index in [-0.39, 0.29) is 0 Å². The third kappa shape index (κ3) is 2.87. The minimum atomic E-state index is -1.35. The fourth-order valence-electron chi connectivity index (χ4n) is 1.54. The highest BCUT2D eigenvalue weighted by Gasteiger charge is 2.15. The lowest BCUT2D eigenvalue weighted by atomic mass is 10.3. The number of pyridine rings is 2. The number of nitrogens with zero attached hydrogens (tertiary/aromatic N) is 2. The summed E-state index contributed by atoms with van der Waals surface area (Å²) in [6, 6.07) is 3.79. The standard InChI is InChI=1S/C12H10Br2N2OS/c1-7-3-9(13)5-15-11(7)18(17)12-8(2)4-10(14)6-16-12/h3-6H,1-2H3. The Morgan fingerprint density at radius 2 is 1.33 bits per heavy atom. The molecule has 2 aromatic heterocycles. The van der Waals surface area contributed by atoms with Gasteiger partial charge < -0.3 is 0 Å². The van der Waals surface area contributed by atoms with Gasteiger partial charge in [0.1, 0.15) is 20.9 Å². The molecule has 0 fully saturated rings. The van der Waals surface area contributed by atoms with Gasteiger partial charge in [0.05, 0.1) is 0 Å². The van der Waals surface area contributed by atoms with Gasteiger partial charge in [-0.3, -0.25) is 0 Å². The Hall–Kier alpha value is -0.590. The summed E-state index contributed by atoms with van der Waals surface area (Å²) in [4.78, 5) is 8.44. The first kappa shape index (κ1) is 13.8. The normalized spacial score (nSPS) is 10.9. The fourth-order valence-corrected chi connectivity index (χ4v) is 3.61. The SMILES string of the molecule is Cc1cc(Br)cnc1S(=O)c1ncc(Br)cc1C. The molecule has 2 aromatic rings. The van der Waals surface area contributed by atoms with Gasteiger partial charge in [-0.2, -0.15) is 0 Å². The Bertz CT molecular complexity index is 578. The summed E-state index contributed by atoms with van der Waals surface area (Å²) in [5, 5.41) is 1.10. The summed E-state index contributed by atoms with van der Waals surface area (Å²) in [5.74, 6) is 0. The van der Waals surface area contributed by atoms with Crippen molar-refractivity contribution in [3.05, 3.63) is 44.6 Å². The lowest BCUT2D eigenvalue weighted by Crippen LogP contribution is -2.03. The molecule has 18 heavy (non-hydrogen) atoms. The molecule has 0 radical (unpaired) electrons. The molecule has 0 aromatic carbocycles. The van der Waals surface area contributed by atoms with Crippen LogP contribution < -0.4 is 0 Å². The molecule has 0 aliphatic carbocycles. The Labute approximate surface area is 125 Å². The minimum absolute atomic E-state index is 0.552. The molecule has 0 unspecified atom stereocenters. The molecule has 0 aliphatic rings. The second kappa shape index (κ2) is 5.59. The summed E-state index contributed by atoms with van der Waals surface area (Å²) in [6.07, 6.45) is 3.29. The predicted molar refractivity (Wildman–Crippen MR) is 78.0 cm³/mol. The zero-order chi connectivity index (χ0) is 13.3. The van der Waals surface area contributed by atoms with Crippen molar-refractivity contribution in [1.82, 2.24) is 9.97 Å². The van der Waals surface area contributed by atoms with Gasteiger partial charge in [0, 0.05) is 21.3 Å². The molecule has 0 amide bonds. The van der Waals surface area contributed by atoms with E-state index in [1.807, 2.05) is 26.0 Å². The van der Waals surface area contributed by atoms with Crippen LogP contribution in [0.2, 0.25) is 0 Å². The van der Waals surface area contributed by atoms with Gasteiger partial charge in [-0.15, -0.1) is 0 Å². The van der Waals surface area contributed by atoms with Crippen molar-refractivity contribution in [2.75, 3.05) is 0 Å². The lowest BCUT2D eigenvalue weighted by Gasteiger charge is -2.07. The van der Waals surface area contributed by atoms with Gasteiger partial charge >= 0.3 is 0 Å². The smallest absolute Gasteiger partial charge is 0.136 e. The summed E-state index contributed by atoms with van der Waals surface area (Å²) in [5.41, 5.74) is 1.76. The highest BCUT2D eigenvalue weighted by Crippen LogP contribution is 2.23. The maximum atomic E-state index is 12.5. The van der Waals surface area contributed by atoms with E-state index in [1.54, 1.807) is 12.4 Å². The molecular formula is C12H10Br2N2OS. The zero-order valence-corrected chi connectivity index (χ0v) is 13.8. The Kier molecular flexibility index (Phi) is 4.29. The first-order valence-electron chi connectivity index (χ1n) is 5.15. The molecule has 94 valence electrons. The predicted octanol–water partition coefficient (Wildman–Crippen LogP) is 3.79. The van der Waals surface area contributed by atoms with Crippen molar-refractivity contribution in [2.45, 2.75) is 23.9 Å². The third-order valence-electron chi connectivity index (χ3n) is 2.34. The second-order valence-electron chi connectivity index (χ2n) is 3.82. The average molecular weight is 390 g/mol. The Morgan fingerprint density at radius 1 is 0.944 bits per heavy atom. The maximum Gasteiger partial charge on any atom is 0.136 e. The zero-order valence-electron chi connectivity index (χ0n) is 9.78. The minimum Gasteiger partial charge on any atom is -0.246 e. The summed E-state index contributed by atoms with van der Waals surface area (Å²) >= 11 is 6.68. The van der Waals surface area contributed by atoms with Crippen molar-refractivity contribution < 1.29 is 4.21 Å². The molecule has 0 bridgehead atoms. The largest absolute Gasteiger partial charge is 0.246 e. The summed E-state index contributed by atoms with van der Waals surface area (Å²) < 4.78 is 14.2. The number of halogens is 2. The van der Waals surface area contributed by atoms with Gasteiger partial charge in [0.25, 0.3) is 0 Å². The fraction of sp³-hybridized carbons (Fsp3) is 0.167. The molecule has 6 heteroatoms. The van der Waals surface area contributed by atoms with Crippen LogP contribution in [0.25, 0.3) is 0 Å². The van der Waals surface area contributed by atoms with Crippen LogP contribution >= 0.6 is 31.9 Å². The molecule has 2 rings (SSSR count). The van der Waals surface area contributed by atoms with Crippen molar-refractivity contribution in [1.29, 1.82) is 0 Å². The van der Waals surface area contributed by atoms with Crippen molar-refractivity contribution in [3.8, 4) is 0 Å². The highest BCUT2D eigenvalue weighted by atomic mass is 79.9. The summed E-state index contributed by atoms with van der Waals surface area (Å²) in [6.45, 7) is 3.78. The maximum absolute atomic E-state index is 12.5. The monoisotopic (exact) mass is 388 g/mol. The number of aryl methyl sites for hydroxylation is 2. The average Bonchev–Trinajstić information content (AvgIpc) is 2.28. The molecule has 0 saturated carbocycles. The Balaban J connectivity index is 2.48. The van der Waals surface area contributed by atoms with Crippen LogP contribution in [0.3, 0.4) is 0 Å². The van der Waals surface area contributed by atoms with Crippen LogP contribution in [0, 0.1) is 13.8 Å². The van der Waals surface area contributed by atoms with E-state index in [0.29, 0.717) is 10.1 Å². The number of hydrogen-bond acceptors (Lipinski definition) is 3. The van der Waals surface area contributed by atoms with Crippen molar-refractivity contribution in [3.63, 3.8) is 0 Å². The van der Waals surface area contributed by atoms with Crippen LogP contribution in [-0.2, 0) is 10.8 Å². The topological polar surface area (TPSA) is 42.9 Å². The molecule has 0 saturated heterocycles. The number of aromatic nitrogens is 2. The molecule has 3 nitrogen and oxygen atoms in total. The third-order valence-corrected chi connectivity index (χ3v) is 4.77. The van der Waals surface area contributed by atoms with E-state index in [4.69, 9.17) is 0 Å². The van der Waals surface area contributed by atoms with Gasteiger partial charge in [-0.25, -0.2) is 14.2 Å². The van der Waals surface area contributed by atoms with Crippen LogP contribution in [0.1, 0.15) is 11.1 Å². The van der Waals surface area contributed by atoms with E-state index >= 15 is 0 Å². The van der Waals surface area contributed by atoms with Crippen LogP contribution in [-0.4, -0.2) is 14.2 Å². The second-order valence-corrected chi connectivity index (χ2v) is 6.96. The highest BCUT2D eigenvalue weighted by molar-refractivity contribution is 9.10. The number of rotatable bonds is 2. The molecule has 0 spiro atoms. The number of hydrogen-bond donors (Lipinski definition) is 0. The van der Waals surface area contributed by atoms with Gasteiger partial charge in [0.2, 0.25) is 0 Å². The van der Waals surface area contributed by atoms with E-state index in [2.05, 4.69) is 41.8 Å².